The Morgan fingerprint density at radius 2 is 2.22 bits per heavy atom. The van der Waals surface area contributed by atoms with Gasteiger partial charge in [0, 0.05) is 11.1 Å². The molecule has 0 aliphatic rings. The molecule has 1 aromatic carbocycles. The smallest absolute Gasteiger partial charge is 0.121 e. The van der Waals surface area contributed by atoms with Crippen LogP contribution in [0.4, 0.5) is 0 Å². The van der Waals surface area contributed by atoms with Crippen molar-refractivity contribution >= 4 is 11.6 Å². The highest BCUT2D eigenvalue weighted by Crippen LogP contribution is 2.20. The molecular formula is C15H22ClNO. The third-order valence-corrected chi connectivity index (χ3v) is 3.17. The summed E-state index contributed by atoms with van der Waals surface area (Å²) in [5.74, 6) is 0.811. The van der Waals surface area contributed by atoms with E-state index in [2.05, 4.69) is 25.7 Å². The van der Waals surface area contributed by atoms with E-state index in [1.54, 1.807) is 0 Å². The second-order valence-electron chi connectivity index (χ2n) is 4.67. The third-order valence-electron chi connectivity index (χ3n) is 2.94. The monoisotopic (exact) mass is 267 g/mol. The van der Waals surface area contributed by atoms with Gasteiger partial charge < -0.3 is 10.1 Å². The summed E-state index contributed by atoms with van der Waals surface area (Å²) < 4.78 is 5.90. The lowest BCUT2D eigenvalue weighted by molar-refractivity contribution is 0.169. The van der Waals surface area contributed by atoms with Crippen molar-refractivity contribution in [1.82, 2.24) is 5.32 Å². The Kier molecular flexibility index (Phi) is 6.23. The number of benzene rings is 1. The van der Waals surface area contributed by atoms with Gasteiger partial charge in [-0.25, -0.2) is 0 Å². The van der Waals surface area contributed by atoms with E-state index in [-0.39, 0.29) is 6.10 Å². The molecule has 0 fully saturated rings. The first-order chi connectivity index (χ1) is 8.52. The van der Waals surface area contributed by atoms with E-state index in [1.807, 2.05) is 31.3 Å². The van der Waals surface area contributed by atoms with Gasteiger partial charge in [0.05, 0.1) is 0 Å². The zero-order valence-electron chi connectivity index (χ0n) is 11.4. The number of hydrogen-bond donors (Lipinski definition) is 1. The van der Waals surface area contributed by atoms with Crippen LogP contribution in [0.1, 0.15) is 26.7 Å². The molecule has 1 N–H and O–H groups in total. The summed E-state index contributed by atoms with van der Waals surface area (Å²) in [6, 6.07) is 7.81. The fraction of sp³-hybridized carbons (Fsp3) is 0.467. The van der Waals surface area contributed by atoms with Gasteiger partial charge in [0.2, 0.25) is 0 Å². The van der Waals surface area contributed by atoms with E-state index in [1.165, 1.54) is 5.57 Å². The Morgan fingerprint density at radius 1 is 1.50 bits per heavy atom. The normalized spacial score (nSPS) is 14.0. The number of hydrogen-bond acceptors (Lipinski definition) is 2. The van der Waals surface area contributed by atoms with Crippen molar-refractivity contribution in [3.63, 3.8) is 0 Å². The molecule has 2 nitrogen and oxygen atoms in total. The van der Waals surface area contributed by atoms with Crippen LogP contribution in [0.3, 0.4) is 0 Å². The van der Waals surface area contributed by atoms with Crippen LogP contribution in [0.2, 0.25) is 5.02 Å². The largest absolute Gasteiger partial charge is 0.489 e. The lowest BCUT2D eigenvalue weighted by Crippen LogP contribution is -2.39. The highest BCUT2D eigenvalue weighted by Gasteiger charge is 2.16. The molecule has 1 rings (SSSR count). The quantitative estimate of drug-likeness (QED) is 0.753. The van der Waals surface area contributed by atoms with Crippen LogP contribution in [-0.2, 0) is 0 Å². The fourth-order valence-electron chi connectivity index (χ4n) is 1.85. The first-order valence-corrected chi connectivity index (χ1v) is 6.64. The van der Waals surface area contributed by atoms with E-state index >= 15 is 0 Å². The molecule has 2 atom stereocenters. The van der Waals surface area contributed by atoms with Crippen LogP contribution in [0.5, 0.6) is 5.75 Å². The van der Waals surface area contributed by atoms with Crippen molar-refractivity contribution in [2.75, 3.05) is 7.05 Å². The van der Waals surface area contributed by atoms with Crippen molar-refractivity contribution in [3.8, 4) is 5.75 Å². The van der Waals surface area contributed by atoms with Gasteiger partial charge in [-0.05, 0) is 51.9 Å². The van der Waals surface area contributed by atoms with Crippen LogP contribution in [0, 0.1) is 0 Å². The van der Waals surface area contributed by atoms with Gasteiger partial charge in [-0.15, -0.1) is 6.58 Å². The van der Waals surface area contributed by atoms with Crippen LogP contribution in [0.15, 0.2) is 36.4 Å². The van der Waals surface area contributed by atoms with Crippen molar-refractivity contribution in [1.29, 1.82) is 0 Å². The molecule has 2 unspecified atom stereocenters. The molecule has 0 heterocycles. The maximum absolute atomic E-state index is 5.94. The van der Waals surface area contributed by atoms with E-state index in [9.17, 15) is 0 Å². The summed E-state index contributed by atoms with van der Waals surface area (Å²) in [5, 5.41) is 3.99. The molecule has 1 aromatic rings. The van der Waals surface area contributed by atoms with E-state index in [0.717, 1.165) is 18.6 Å². The molecule has 3 heteroatoms. The predicted octanol–water partition coefficient (Wildman–Crippen LogP) is 4.05. The Hall–Kier alpha value is -0.990. The molecule has 0 radical (unpaired) electrons. The van der Waals surface area contributed by atoms with Gasteiger partial charge >= 0.3 is 0 Å². The highest BCUT2D eigenvalue weighted by atomic mass is 35.5. The minimum Gasteiger partial charge on any atom is -0.489 e. The Balaban J connectivity index is 2.56. The van der Waals surface area contributed by atoms with Crippen molar-refractivity contribution in [2.45, 2.75) is 38.8 Å². The maximum atomic E-state index is 5.94. The van der Waals surface area contributed by atoms with Crippen molar-refractivity contribution in [2.24, 2.45) is 0 Å². The SMILES string of the molecule is C=C(C)CCC(NC)C(C)Oc1cccc(Cl)c1. The maximum Gasteiger partial charge on any atom is 0.121 e. The molecule has 0 amide bonds. The molecule has 0 spiro atoms. The Labute approximate surface area is 115 Å². The molecule has 0 saturated carbocycles. The lowest BCUT2D eigenvalue weighted by atomic mass is 10.0. The standard InChI is InChI=1S/C15H22ClNO/c1-11(2)8-9-15(17-4)12(3)18-14-7-5-6-13(16)10-14/h5-7,10,12,15,17H,1,8-9H2,2-4H3. The first-order valence-electron chi connectivity index (χ1n) is 6.26. The molecule has 100 valence electrons. The molecule has 0 bridgehead atoms. The second-order valence-corrected chi connectivity index (χ2v) is 5.11. The Morgan fingerprint density at radius 3 is 2.78 bits per heavy atom. The Bertz CT molecular complexity index is 392. The fourth-order valence-corrected chi connectivity index (χ4v) is 2.03. The first kappa shape index (κ1) is 15.1. The number of ether oxygens (including phenoxy) is 1. The molecule has 0 aliphatic carbocycles. The second kappa shape index (κ2) is 7.45. The highest BCUT2D eigenvalue weighted by molar-refractivity contribution is 6.30. The summed E-state index contributed by atoms with van der Waals surface area (Å²) in [5.41, 5.74) is 1.20. The summed E-state index contributed by atoms with van der Waals surface area (Å²) >= 11 is 5.94. The third kappa shape index (κ3) is 5.11. The van der Waals surface area contributed by atoms with Crippen LogP contribution < -0.4 is 10.1 Å². The van der Waals surface area contributed by atoms with Gasteiger partial charge in [-0.1, -0.05) is 23.2 Å². The average molecular weight is 268 g/mol. The minimum absolute atomic E-state index is 0.0906. The van der Waals surface area contributed by atoms with Gasteiger partial charge in [-0.3, -0.25) is 0 Å². The van der Waals surface area contributed by atoms with Gasteiger partial charge in [-0.2, -0.15) is 0 Å². The van der Waals surface area contributed by atoms with Crippen molar-refractivity contribution < 1.29 is 4.74 Å². The zero-order chi connectivity index (χ0) is 13.5. The predicted molar refractivity (Wildman–Crippen MR) is 78.4 cm³/mol. The summed E-state index contributed by atoms with van der Waals surface area (Å²) in [7, 11) is 1.96. The number of allylic oxidation sites excluding steroid dienone is 1. The lowest BCUT2D eigenvalue weighted by Gasteiger charge is -2.24. The number of likely N-dealkylation sites (N-methyl/N-ethyl adjacent to an activating group) is 1. The molecule has 0 aliphatic heterocycles. The van der Waals surface area contributed by atoms with Crippen LogP contribution in [0.25, 0.3) is 0 Å². The summed E-state index contributed by atoms with van der Waals surface area (Å²) in [4.78, 5) is 0. The van der Waals surface area contributed by atoms with E-state index < -0.39 is 0 Å². The van der Waals surface area contributed by atoms with Crippen molar-refractivity contribution in [3.05, 3.63) is 41.4 Å². The zero-order valence-corrected chi connectivity index (χ0v) is 12.1. The number of halogens is 1. The summed E-state index contributed by atoms with van der Waals surface area (Å²) in [6.07, 6.45) is 2.12. The minimum atomic E-state index is 0.0906. The van der Waals surface area contributed by atoms with Gasteiger partial charge in [0.1, 0.15) is 11.9 Å². The van der Waals surface area contributed by atoms with Gasteiger partial charge in [0.15, 0.2) is 0 Å². The van der Waals surface area contributed by atoms with Gasteiger partial charge in [0.25, 0.3) is 0 Å². The summed E-state index contributed by atoms with van der Waals surface area (Å²) in [6.45, 7) is 8.05. The van der Waals surface area contributed by atoms with Crippen LogP contribution >= 0.6 is 11.6 Å². The van der Waals surface area contributed by atoms with E-state index in [0.29, 0.717) is 11.1 Å². The number of nitrogens with one attached hydrogen (secondary N) is 1. The van der Waals surface area contributed by atoms with Crippen LogP contribution in [-0.4, -0.2) is 19.2 Å². The molecular weight excluding hydrogens is 246 g/mol. The molecule has 18 heavy (non-hydrogen) atoms. The average Bonchev–Trinajstić information content (AvgIpc) is 2.29. The topological polar surface area (TPSA) is 21.3 Å². The van der Waals surface area contributed by atoms with E-state index in [4.69, 9.17) is 16.3 Å². The molecule has 0 aromatic heterocycles. The molecule has 0 saturated heterocycles. The number of rotatable bonds is 7.